The Balaban J connectivity index is 2.08. The summed E-state index contributed by atoms with van der Waals surface area (Å²) in [6.45, 7) is 4.97. The van der Waals surface area contributed by atoms with Crippen LogP contribution in [0, 0.1) is 0 Å². The number of nitrogens with one attached hydrogen (secondary N) is 1. The fraction of sp³-hybridized carbons (Fsp3) is 0.375. The normalized spacial score (nSPS) is 12.8. The second kappa shape index (κ2) is 7.12. The average molecular weight is 258 g/mol. The second-order valence-corrected chi connectivity index (χ2v) is 4.78. The molecule has 1 heterocycles. The lowest BCUT2D eigenvalue weighted by Gasteiger charge is -2.28. The summed E-state index contributed by atoms with van der Waals surface area (Å²) >= 11 is 0. The quantitative estimate of drug-likeness (QED) is 0.827. The first-order chi connectivity index (χ1) is 9.31. The number of likely N-dealkylation sites (N-methyl/N-ethyl adjacent to an activating group) is 2. The van der Waals surface area contributed by atoms with Crippen LogP contribution in [0.4, 0.5) is 0 Å². The molecule has 0 spiro atoms. The van der Waals surface area contributed by atoms with Gasteiger partial charge in [-0.3, -0.25) is 4.90 Å². The number of benzene rings is 1. The van der Waals surface area contributed by atoms with Crippen molar-refractivity contribution in [2.45, 2.75) is 19.5 Å². The molecule has 2 rings (SSSR count). The molecule has 0 aliphatic rings. The van der Waals surface area contributed by atoms with E-state index in [2.05, 4.69) is 54.5 Å². The molecule has 102 valence electrons. The lowest BCUT2D eigenvalue weighted by Crippen LogP contribution is -2.33. The van der Waals surface area contributed by atoms with Crippen molar-refractivity contribution in [1.82, 2.24) is 10.2 Å². The van der Waals surface area contributed by atoms with Crippen molar-refractivity contribution in [3.8, 4) is 0 Å². The molecule has 0 bridgehead atoms. The first-order valence-corrected chi connectivity index (χ1v) is 6.78. The van der Waals surface area contributed by atoms with Gasteiger partial charge in [0, 0.05) is 24.7 Å². The molecular weight excluding hydrogens is 236 g/mol. The van der Waals surface area contributed by atoms with Gasteiger partial charge in [-0.05, 0) is 25.2 Å². The molecule has 0 amide bonds. The van der Waals surface area contributed by atoms with Crippen molar-refractivity contribution in [3.63, 3.8) is 0 Å². The van der Waals surface area contributed by atoms with Gasteiger partial charge < -0.3 is 9.73 Å². The minimum atomic E-state index is 0.371. The largest absolute Gasteiger partial charge is 0.472 e. The smallest absolute Gasteiger partial charge is 0.0947 e. The summed E-state index contributed by atoms with van der Waals surface area (Å²) in [5.41, 5.74) is 2.55. The zero-order chi connectivity index (χ0) is 13.5. The van der Waals surface area contributed by atoms with Crippen LogP contribution < -0.4 is 5.32 Å². The summed E-state index contributed by atoms with van der Waals surface area (Å²) < 4.78 is 5.14. The first-order valence-electron chi connectivity index (χ1n) is 6.78. The Kier molecular flexibility index (Phi) is 5.19. The predicted molar refractivity (Wildman–Crippen MR) is 77.9 cm³/mol. The van der Waals surface area contributed by atoms with Crippen LogP contribution in [0.1, 0.15) is 24.1 Å². The molecule has 3 nitrogen and oxygen atoms in total. The van der Waals surface area contributed by atoms with Crippen LogP contribution in [0.3, 0.4) is 0 Å². The number of furan rings is 1. The fourth-order valence-corrected chi connectivity index (χ4v) is 2.27. The predicted octanol–water partition coefficient (Wildman–Crippen LogP) is 3.06. The van der Waals surface area contributed by atoms with E-state index in [-0.39, 0.29) is 0 Å². The highest BCUT2D eigenvalue weighted by Gasteiger charge is 2.16. The van der Waals surface area contributed by atoms with Crippen molar-refractivity contribution in [2.24, 2.45) is 0 Å². The number of nitrogens with zero attached hydrogens (tertiary/aromatic N) is 1. The lowest BCUT2D eigenvalue weighted by molar-refractivity contribution is 0.230. The Morgan fingerprint density at radius 1 is 1.21 bits per heavy atom. The SMILES string of the molecule is CCNCC(c1ccccc1)N(C)Cc1ccoc1. The minimum absolute atomic E-state index is 0.371. The van der Waals surface area contributed by atoms with E-state index in [1.807, 2.05) is 12.3 Å². The Bertz CT molecular complexity index is 453. The van der Waals surface area contributed by atoms with Crippen LogP contribution >= 0.6 is 0 Å². The van der Waals surface area contributed by atoms with Crippen molar-refractivity contribution < 1.29 is 4.42 Å². The van der Waals surface area contributed by atoms with Crippen molar-refractivity contribution in [2.75, 3.05) is 20.1 Å². The molecule has 2 aromatic rings. The topological polar surface area (TPSA) is 28.4 Å². The summed E-state index contributed by atoms with van der Waals surface area (Å²) in [7, 11) is 2.15. The zero-order valence-corrected chi connectivity index (χ0v) is 11.7. The van der Waals surface area contributed by atoms with Gasteiger partial charge in [0.1, 0.15) is 0 Å². The van der Waals surface area contributed by atoms with Crippen LogP contribution in [0.25, 0.3) is 0 Å². The summed E-state index contributed by atoms with van der Waals surface area (Å²) in [6.07, 6.45) is 3.54. The van der Waals surface area contributed by atoms with Gasteiger partial charge >= 0.3 is 0 Å². The highest BCUT2D eigenvalue weighted by atomic mass is 16.3. The average Bonchev–Trinajstić information content (AvgIpc) is 2.93. The standard InChI is InChI=1S/C16H22N2O/c1-3-17-11-16(15-7-5-4-6-8-15)18(2)12-14-9-10-19-13-14/h4-10,13,16-17H,3,11-12H2,1-2H3. The van der Waals surface area contributed by atoms with E-state index >= 15 is 0 Å². The van der Waals surface area contributed by atoms with Gasteiger partial charge in [0.25, 0.3) is 0 Å². The highest BCUT2D eigenvalue weighted by molar-refractivity contribution is 5.20. The Morgan fingerprint density at radius 2 is 2.00 bits per heavy atom. The fourth-order valence-electron chi connectivity index (χ4n) is 2.27. The van der Waals surface area contributed by atoms with Gasteiger partial charge in [-0.25, -0.2) is 0 Å². The molecule has 1 unspecified atom stereocenters. The Morgan fingerprint density at radius 3 is 2.63 bits per heavy atom. The maximum atomic E-state index is 5.14. The first kappa shape index (κ1) is 13.8. The van der Waals surface area contributed by atoms with Gasteiger partial charge in [-0.1, -0.05) is 37.3 Å². The molecule has 0 saturated heterocycles. The molecule has 1 aromatic heterocycles. The third-order valence-electron chi connectivity index (χ3n) is 3.32. The van der Waals surface area contributed by atoms with E-state index in [0.717, 1.165) is 19.6 Å². The molecule has 0 aliphatic heterocycles. The van der Waals surface area contributed by atoms with Gasteiger partial charge in [-0.2, -0.15) is 0 Å². The maximum Gasteiger partial charge on any atom is 0.0947 e. The third-order valence-corrected chi connectivity index (χ3v) is 3.32. The van der Waals surface area contributed by atoms with E-state index in [4.69, 9.17) is 4.42 Å². The summed E-state index contributed by atoms with van der Waals surface area (Å²) in [6, 6.07) is 13.0. The van der Waals surface area contributed by atoms with E-state index < -0.39 is 0 Å². The van der Waals surface area contributed by atoms with Crippen LogP contribution in [0.5, 0.6) is 0 Å². The van der Waals surface area contributed by atoms with Gasteiger partial charge in [-0.15, -0.1) is 0 Å². The highest BCUT2D eigenvalue weighted by Crippen LogP contribution is 2.20. The van der Waals surface area contributed by atoms with Crippen molar-refractivity contribution >= 4 is 0 Å². The molecular formula is C16H22N2O. The molecule has 19 heavy (non-hydrogen) atoms. The molecule has 1 aromatic carbocycles. The van der Waals surface area contributed by atoms with Crippen LogP contribution in [-0.2, 0) is 6.54 Å². The van der Waals surface area contributed by atoms with Crippen molar-refractivity contribution in [3.05, 3.63) is 60.1 Å². The third kappa shape index (κ3) is 3.94. The Hall–Kier alpha value is -1.58. The van der Waals surface area contributed by atoms with Gasteiger partial charge in [0.15, 0.2) is 0 Å². The minimum Gasteiger partial charge on any atom is -0.472 e. The van der Waals surface area contributed by atoms with Crippen molar-refractivity contribution in [1.29, 1.82) is 0 Å². The number of hydrogen-bond acceptors (Lipinski definition) is 3. The van der Waals surface area contributed by atoms with E-state index in [9.17, 15) is 0 Å². The number of hydrogen-bond donors (Lipinski definition) is 1. The molecule has 0 aliphatic carbocycles. The summed E-state index contributed by atoms with van der Waals surface area (Å²) in [5, 5.41) is 3.44. The lowest BCUT2D eigenvalue weighted by atomic mass is 10.1. The Labute approximate surface area is 115 Å². The second-order valence-electron chi connectivity index (χ2n) is 4.78. The number of rotatable bonds is 7. The monoisotopic (exact) mass is 258 g/mol. The van der Waals surface area contributed by atoms with Crippen LogP contribution in [-0.4, -0.2) is 25.0 Å². The molecule has 3 heteroatoms. The van der Waals surface area contributed by atoms with E-state index in [0.29, 0.717) is 6.04 Å². The van der Waals surface area contributed by atoms with E-state index in [1.165, 1.54) is 11.1 Å². The molecule has 1 atom stereocenters. The molecule has 1 N–H and O–H groups in total. The summed E-state index contributed by atoms with van der Waals surface area (Å²) in [4.78, 5) is 2.35. The van der Waals surface area contributed by atoms with Crippen LogP contribution in [0.2, 0.25) is 0 Å². The van der Waals surface area contributed by atoms with Gasteiger partial charge in [0.2, 0.25) is 0 Å². The molecule has 0 radical (unpaired) electrons. The molecule has 0 saturated carbocycles. The van der Waals surface area contributed by atoms with E-state index in [1.54, 1.807) is 6.26 Å². The zero-order valence-electron chi connectivity index (χ0n) is 11.7. The summed E-state index contributed by atoms with van der Waals surface area (Å²) in [5.74, 6) is 0. The molecule has 0 fully saturated rings. The van der Waals surface area contributed by atoms with Crippen LogP contribution in [0.15, 0.2) is 53.3 Å². The van der Waals surface area contributed by atoms with Gasteiger partial charge in [0.05, 0.1) is 12.5 Å². The maximum absolute atomic E-state index is 5.14.